The molecule has 0 spiro atoms. The minimum absolute atomic E-state index is 0.249. The summed E-state index contributed by atoms with van der Waals surface area (Å²) in [7, 11) is -2.58. The molecule has 6 heteroatoms. The fourth-order valence-electron chi connectivity index (χ4n) is 2.16. The van der Waals surface area contributed by atoms with Gasteiger partial charge in [0.15, 0.2) is 0 Å². The average Bonchev–Trinajstić information content (AvgIpc) is 2.48. The quantitative estimate of drug-likeness (QED) is 0.497. The van der Waals surface area contributed by atoms with Crippen LogP contribution in [-0.2, 0) is 13.3 Å². The fourth-order valence-corrected chi connectivity index (χ4v) is 4.74. The number of rotatable bonds is 11. The summed E-state index contributed by atoms with van der Waals surface area (Å²) in [4.78, 5) is 0. The zero-order valence-electron chi connectivity index (χ0n) is 14.1. The second kappa shape index (κ2) is 9.84. The van der Waals surface area contributed by atoms with Gasteiger partial charge in [-0.25, -0.2) is 0 Å². The molecule has 126 valence electrons. The first-order valence-corrected chi connectivity index (χ1v) is 9.84. The van der Waals surface area contributed by atoms with Gasteiger partial charge in [-0.1, -0.05) is 6.07 Å². The Balaban J connectivity index is 2.49. The van der Waals surface area contributed by atoms with E-state index in [0.717, 1.165) is 18.0 Å². The fraction of sp³-hybridized carbons (Fsp3) is 0.625. The van der Waals surface area contributed by atoms with Crippen molar-refractivity contribution in [2.75, 3.05) is 26.4 Å². The Kier molecular flexibility index (Phi) is 8.48. The lowest BCUT2D eigenvalue weighted by atomic mass is 10.2. The lowest BCUT2D eigenvalue weighted by Gasteiger charge is -2.28. The third kappa shape index (κ3) is 5.96. The molecule has 0 aliphatic heterocycles. The van der Waals surface area contributed by atoms with Gasteiger partial charge < -0.3 is 23.1 Å². The van der Waals surface area contributed by atoms with Gasteiger partial charge in [-0.2, -0.15) is 0 Å². The Morgan fingerprint density at radius 2 is 1.59 bits per heavy atom. The maximum absolute atomic E-state index is 9.66. The van der Waals surface area contributed by atoms with Gasteiger partial charge in [0.25, 0.3) is 0 Å². The molecule has 1 N–H and O–H groups in total. The maximum Gasteiger partial charge on any atom is 0.501 e. The van der Waals surface area contributed by atoms with E-state index in [1.165, 1.54) is 0 Å². The van der Waals surface area contributed by atoms with E-state index in [0.29, 0.717) is 32.2 Å². The summed E-state index contributed by atoms with van der Waals surface area (Å²) in [5.74, 6) is 0.916. The van der Waals surface area contributed by atoms with Crippen LogP contribution in [0.25, 0.3) is 0 Å². The molecule has 0 fully saturated rings. The third-order valence-electron chi connectivity index (χ3n) is 3.17. The Bertz CT molecular complexity index is 422. The van der Waals surface area contributed by atoms with Crippen LogP contribution in [0.1, 0.15) is 32.8 Å². The van der Waals surface area contributed by atoms with E-state index in [-0.39, 0.29) is 5.75 Å². The van der Waals surface area contributed by atoms with Crippen LogP contribution in [-0.4, -0.2) is 40.3 Å². The maximum atomic E-state index is 9.66. The van der Waals surface area contributed by atoms with Gasteiger partial charge >= 0.3 is 8.80 Å². The average molecular weight is 328 g/mol. The van der Waals surface area contributed by atoms with Gasteiger partial charge in [-0.3, -0.25) is 0 Å². The lowest BCUT2D eigenvalue weighted by Crippen LogP contribution is -2.46. The van der Waals surface area contributed by atoms with Crippen molar-refractivity contribution in [1.29, 1.82) is 0 Å². The minimum atomic E-state index is -2.58. The Hall–Kier alpha value is -1.08. The van der Waals surface area contributed by atoms with E-state index in [9.17, 15) is 5.11 Å². The van der Waals surface area contributed by atoms with Crippen LogP contribution < -0.4 is 4.74 Å². The van der Waals surface area contributed by atoms with Crippen molar-refractivity contribution in [3.63, 3.8) is 0 Å². The molecule has 0 amide bonds. The molecule has 1 aromatic carbocycles. The summed E-state index contributed by atoms with van der Waals surface area (Å²) in [6.07, 6.45) is 0.779. The summed E-state index contributed by atoms with van der Waals surface area (Å²) in [5.41, 5.74) is 0.836. The van der Waals surface area contributed by atoms with E-state index >= 15 is 0 Å². The Morgan fingerprint density at radius 3 is 2.09 bits per heavy atom. The van der Waals surface area contributed by atoms with Crippen LogP contribution in [0.15, 0.2) is 18.2 Å². The third-order valence-corrected chi connectivity index (χ3v) is 6.32. The number of hydrogen-bond acceptors (Lipinski definition) is 5. The van der Waals surface area contributed by atoms with Gasteiger partial charge in [0.2, 0.25) is 0 Å². The van der Waals surface area contributed by atoms with Crippen LogP contribution in [0.2, 0.25) is 6.04 Å². The van der Waals surface area contributed by atoms with E-state index in [1.54, 1.807) is 6.07 Å². The highest BCUT2D eigenvalue weighted by Gasteiger charge is 2.39. The zero-order chi connectivity index (χ0) is 16.4. The van der Waals surface area contributed by atoms with Crippen molar-refractivity contribution < 1.29 is 23.1 Å². The van der Waals surface area contributed by atoms with Crippen LogP contribution >= 0.6 is 0 Å². The lowest BCUT2D eigenvalue weighted by molar-refractivity contribution is 0.0696. The smallest absolute Gasteiger partial charge is 0.501 e. The zero-order valence-corrected chi connectivity index (χ0v) is 15.1. The number of aryl methyl sites for hydroxylation is 1. The van der Waals surface area contributed by atoms with Crippen molar-refractivity contribution in [3.05, 3.63) is 23.8 Å². The molecule has 0 saturated heterocycles. The van der Waals surface area contributed by atoms with E-state index in [1.807, 2.05) is 39.8 Å². The van der Waals surface area contributed by atoms with E-state index in [2.05, 4.69) is 0 Å². The van der Waals surface area contributed by atoms with Crippen molar-refractivity contribution in [2.24, 2.45) is 0 Å². The highest BCUT2D eigenvalue weighted by atomic mass is 28.4. The van der Waals surface area contributed by atoms with E-state index in [4.69, 9.17) is 18.0 Å². The van der Waals surface area contributed by atoms with E-state index < -0.39 is 8.80 Å². The van der Waals surface area contributed by atoms with Crippen molar-refractivity contribution in [3.8, 4) is 11.5 Å². The number of benzene rings is 1. The number of phenols is 1. The largest absolute Gasteiger partial charge is 0.508 e. The molecule has 1 rings (SSSR count). The SMILES string of the molecule is CCO[Si](CCCOc1ccc(C)c(O)c1)(OCC)OCC. The molecular formula is C16H28O5Si. The summed E-state index contributed by atoms with van der Waals surface area (Å²) in [5, 5.41) is 9.66. The predicted molar refractivity (Wildman–Crippen MR) is 88.4 cm³/mol. The number of hydrogen-bond donors (Lipinski definition) is 1. The monoisotopic (exact) mass is 328 g/mol. The molecule has 0 radical (unpaired) electrons. The van der Waals surface area contributed by atoms with Gasteiger partial charge in [0, 0.05) is 31.9 Å². The molecule has 1 aromatic rings. The molecule has 0 saturated carbocycles. The summed E-state index contributed by atoms with van der Waals surface area (Å²) < 4.78 is 23.1. The first-order valence-electron chi connectivity index (χ1n) is 7.91. The minimum Gasteiger partial charge on any atom is -0.508 e. The molecule has 0 bridgehead atoms. The molecular weight excluding hydrogens is 300 g/mol. The number of ether oxygens (including phenoxy) is 1. The molecule has 0 atom stereocenters. The second-order valence-electron chi connectivity index (χ2n) is 4.88. The normalized spacial score (nSPS) is 11.6. The summed E-state index contributed by atoms with van der Waals surface area (Å²) in [6, 6.07) is 6.05. The van der Waals surface area contributed by atoms with Crippen molar-refractivity contribution >= 4 is 8.80 Å². The first-order chi connectivity index (χ1) is 10.6. The molecule has 0 heterocycles. The predicted octanol–water partition coefficient (Wildman–Crippen LogP) is 3.52. The molecule has 0 aliphatic rings. The van der Waals surface area contributed by atoms with Crippen LogP contribution in [0, 0.1) is 6.92 Å². The Morgan fingerprint density at radius 1 is 1.00 bits per heavy atom. The first kappa shape index (κ1) is 19.0. The van der Waals surface area contributed by atoms with Crippen LogP contribution in [0.4, 0.5) is 0 Å². The topological polar surface area (TPSA) is 57.2 Å². The van der Waals surface area contributed by atoms with Crippen molar-refractivity contribution in [2.45, 2.75) is 40.2 Å². The molecule has 0 unspecified atom stereocenters. The van der Waals surface area contributed by atoms with Gasteiger partial charge in [-0.05, 0) is 45.7 Å². The van der Waals surface area contributed by atoms with Gasteiger partial charge in [-0.15, -0.1) is 0 Å². The molecule has 5 nitrogen and oxygen atoms in total. The van der Waals surface area contributed by atoms with Crippen LogP contribution in [0.5, 0.6) is 11.5 Å². The highest BCUT2D eigenvalue weighted by Crippen LogP contribution is 2.23. The Labute approximate surface area is 134 Å². The van der Waals surface area contributed by atoms with Crippen LogP contribution in [0.3, 0.4) is 0 Å². The molecule has 22 heavy (non-hydrogen) atoms. The highest BCUT2D eigenvalue weighted by molar-refractivity contribution is 6.60. The van der Waals surface area contributed by atoms with Gasteiger partial charge in [0.1, 0.15) is 11.5 Å². The number of aromatic hydroxyl groups is 1. The van der Waals surface area contributed by atoms with Crippen molar-refractivity contribution in [1.82, 2.24) is 0 Å². The summed E-state index contributed by atoms with van der Waals surface area (Å²) >= 11 is 0. The summed E-state index contributed by atoms with van der Waals surface area (Å²) in [6.45, 7) is 9.98. The molecule has 0 aromatic heterocycles. The standard InChI is InChI=1S/C16H28O5Si/c1-5-19-22(20-6-2,21-7-3)12-8-11-18-15-10-9-14(4)16(17)13-15/h9-10,13,17H,5-8,11-12H2,1-4H3. The van der Waals surface area contributed by atoms with Gasteiger partial charge in [0.05, 0.1) is 6.61 Å². The molecule has 0 aliphatic carbocycles. The second-order valence-corrected chi connectivity index (χ2v) is 7.61. The number of phenolic OH excluding ortho intramolecular Hbond substituents is 1.